The molecule has 1 fully saturated rings. The summed E-state index contributed by atoms with van der Waals surface area (Å²) in [7, 11) is 1.70. The number of anilines is 1. The van der Waals surface area contributed by atoms with E-state index in [4.69, 9.17) is 14.2 Å². The Morgan fingerprint density at radius 1 is 1.27 bits per heavy atom. The molecule has 0 amide bonds. The van der Waals surface area contributed by atoms with Gasteiger partial charge in [-0.2, -0.15) is 0 Å². The number of benzene rings is 1. The van der Waals surface area contributed by atoms with Crippen LogP contribution in [0, 0.1) is 0 Å². The van der Waals surface area contributed by atoms with Gasteiger partial charge in [0.2, 0.25) is 0 Å². The van der Waals surface area contributed by atoms with Crippen molar-refractivity contribution >= 4 is 11.6 Å². The Kier molecular flexibility index (Phi) is 9.86. The molecule has 7 nitrogen and oxygen atoms in total. The third kappa shape index (κ3) is 8.03. The van der Waals surface area contributed by atoms with E-state index in [0.29, 0.717) is 13.2 Å². The molecule has 7 heteroatoms. The second-order valence-corrected chi connectivity index (χ2v) is 6.06. The van der Waals surface area contributed by atoms with Crippen molar-refractivity contribution in [1.82, 2.24) is 10.2 Å². The zero-order valence-electron chi connectivity index (χ0n) is 16.0. The van der Waals surface area contributed by atoms with Gasteiger partial charge in [0.15, 0.2) is 5.96 Å². The van der Waals surface area contributed by atoms with Crippen molar-refractivity contribution in [2.75, 3.05) is 71.6 Å². The van der Waals surface area contributed by atoms with Crippen molar-refractivity contribution < 1.29 is 14.2 Å². The van der Waals surface area contributed by atoms with E-state index in [-0.39, 0.29) is 0 Å². The molecule has 1 aliphatic rings. The van der Waals surface area contributed by atoms with Gasteiger partial charge in [-0.1, -0.05) is 6.07 Å². The van der Waals surface area contributed by atoms with Crippen molar-refractivity contribution in [3.63, 3.8) is 0 Å². The number of hydrogen-bond donors (Lipinski definition) is 2. The average Bonchev–Trinajstić information content (AvgIpc) is 2.67. The molecular formula is C19H32N4O3. The number of hydrogen-bond acceptors (Lipinski definition) is 5. The van der Waals surface area contributed by atoms with Crippen LogP contribution in [0.5, 0.6) is 5.75 Å². The number of rotatable bonds is 10. The molecule has 146 valence electrons. The van der Waals surface area contributed by atoms with E-state index in [0.717, 1.165) is 69.8 Å². The molecule has 1 aliphatic heterocycles. The van der Waals surface area contributed by atoms with E-state index in [1.807, 2.05) is 24.3 Å². The molecule has 2 N–H and O–H groups in total. The number of nitrogens with one attached hydrogen (secondary N) is 2. The maximum atomic E-state index is 5.75. The number of ether oxygens (including phenoxy) is 3. The van der Waals surface area contributed by atoms with Gasteiger partial charge in [0.05, 0.1) is 26.4 Å². The van der Waals surface area contributed by atoms with Gasteiger partial charge in [-0.05, 0) is 19.1 Å². The van der Waals surface area contributed by atoms with Crippen LogP contribution >= 0.6 is 0 Å². The normalized spacial score (nSPS) is 15.7. The Morgan fingerprint density at radius 3 is 2.88 bits per heavy atom. The first-order chi connectivity index (χ1) is 12.8. The van der Waals surface area contributed by atoms with E-state index < -0.39 is 0 Å². The first-order valence-corrected chi connectivity index (χ1v) is 9.39. The van der Waals surface area contributed by atoms with Gasteiger partial charge in [-0.15, -0.1) is 0 Å². The third-order valence-electron chi connectivity index (χ3n) is 3.99. The van der Waals surface area contributed by atoms with Gasteiger partial charge < -0.3 is 24.8 Å². The Morgan fingerprint density at radius 2 is 2.12 bits per heavy atom. The molecular weight excluding hydrogens is 332 g/mol. The lowest BCUT2D eigenvalue weighted by Crippen LogP contribution is -2.38. The van der Waals surface area contributed by atoms with Crippen molar-refractivity contribution in [3.05, 3.63) is 24.3 Å². The molecule has 0 aliphatic carbocycles. The summed E-state index contributed by atoms with van der Waals surface area (Å²) in [6, 6.07) is 7.93. The summed E-state index contributed by atoms with van der Waals surface area (Å²) in [6.07, 6.45) is 0.875. The predicted octanol–water partition coefficient (Wildman–Crippen LogP) is 1.81. The van der Waals surface area contributed by atoms with Crippen LogP contribution in [0.4, 0.5) is 5.69 Å². The molecule has 1 saturated heterocycles. The van der Waals surface area contributed by atoms with Crippen LogP contribution in [0.25, 0.3) is 0 Å². The van der Waals surface area contributed by atoms with Crippen molar-refractivity contribution in [3.8, 4) is 5.75 Å². The maximum Gasteiger partial charge on any atom is 0.195 e. The number of morpholine rings is 1. The molecule has 2 rings (SSSR count). The first kappa shape index (κ1) is 20.5. The topological polar surface area (TPSA) is 67.4 Å². The molecule has 26 heavy (non-hydrogen) atoms. The molecule has 0 radical (unpaired) electrons. The molecule has 0 unspecified atom stereocenters. The lowest BCUT2D eigenvalue weighted by Gasteiger charge is -2.25. The maximum absolute atomic E-state index is 5.75. The van der Waals surface area contributed by atoms with Crippen molar-refractivity contribution in [2.24, 2.45) is 4.99 Å². The highest BCUT2D eigenvalue weighted by Gasteiger charge is 2.09. The minimum Gasteiger partial charge on any atom is -0.493 e. The fourth-order valence-corrected chi connectivity index (χ4v) is 2.63. The molecule has 1 aromatic rings. The zero-order chi connectivity index (χ0) is 18.5. The Balaban J connectivity index is 1.84. The molecule has 0 spiro atoms. The Bertz CT molecular complexity index is 533. The van der Waals surface area contributed by atoms with Crippen LogP contribution < -0.4 is 15.4 Å². The number of guanidine groups is 1. The smallest absolute Gasteiger partial charge is 0.195 e. The quantitative estimate of drug-likeness (QED) is 0.375. The molecule has 1 heterocycles. The first-order valence-electron chi connectivity index (χ1n) is 9.39. The highest BCUT2D eigenvalue weighted by atomic mass is 16.5. The monoisotopic (exact) mass is 364 g/mol. The van der Waals surface area contributed by atoms with Gasteiger partial charge in [0, 0.05) is 58.1 Å². The van der Waals surface area contributed by atoms with Crippen LogP contribution in [-0.4, -0.2) is 77.1 Å². The summed E-state index contributed by atoms with van der Waals surface area (Å²) in [5.74, 6) is 1.63. The molecule has 0 aromatic heterocycles. The van der Waals surface area contributed by atoms with Crippen LogP contribution in [0.3, 0.4) is 0 Å². The fourth-order valence-electron chi connectivity index (χ4n) is 2.63. The minimum atomic E-state index is 0.644. The number of aliphatic imine (C=N–C) groups is 1. The van der Waals surface area contributed by atoms with Gasteiger partial charge in [0.25, 0.3) is 0 Å². The minimum absolute atomic E-state index is 0.644. The summed E-state index contributed by atoms with van der Waals surface area (Å²) in [4.78, 5) is 7.05. The Hall–Kier alpha value is -1.83. The number of methoxy groups -OCH3 is 1. The molecule has 1 aromatic carbocycles. The molecule has 0 saturated carbocycles. The van der Waals surface area contributed by atoms with Crippen LogP contribution in [0.1, 0.15) is 13.3 Å². The van der Waals surface area contributed by atoms with E-state index in [2.05, 4.69) is 27.4 Å². The van der Waals surface area contributed by atoms with Crippen molar-refractivity contribution in [2.45, 2.75) is 13.3 Å². The van der Waals surface area contributed by atoms with E-state index in [9.17, 15) is 0 Å². The largest absolute Gasteiger partial charge is 0.493 e. The van der Waals surface area contributed by atoms with Crippen molar-refractivity contribution in [1.29, 1.82) is 0 Å². The summed E-state index contributed by atoms with van der Waals surface area (Å²) in [5, 5.41) is 6.64. The summed E-state index contributed by atoms with van der Waals surface area (Å²) >= 11 is 0. The summed E-state index contributed by atoms with van der Waals surface area (Å²) < 4.78 is 16.2. The summed E-state index contributed by atoms with van der Waals surface area (Å²) in [5.41, 5.74) is 0.959. The second-order valence-electron chi connectivity index (χ2n) is 6.06. The predicted molar refractivity (Wildman–Crippen MR) is 105 cm³/mol. The van der Waals surface area contributed by atoms with Crippen LogP contribution in [0.2, 0.25) is 0 Å². The second kappa shape index (κ2) is 12.5. The molecule has 0 atom stereocenters. The lowest BCUT2D eigenvalue weighted by molar-refractivity contribution is 0.0394. The Labute approximate surface area is 156 Å². The molecule has 0 bridgehead atoms. The van der Waals surface area contributed by atoms with E-state index in [1.165, 1.54) is 0 Å². The van der Waals surface area contributed by atoms with E-state index >= 15 is 0 Å². The zero-order valence-corrected chi connectivity index (χ0v) is 16.0. The highest BCUT2D eigenvalue weighted by Crippen LogP contribution is 2.17. The van der Waals surface area contributed by atoms with E-state index in [1.54, 1.807) is 7.11 Å². The third-order valence-corrected chi connectivity index (χ3v) is 3.99. The van der Waals surface area contributed by atoms with Gasteiger partial charge in [-0.25, -0.2) is 0 Å². The number of nitrogens with zero attached hydrogens (tertiary/aromatic N) is 2. The van der Waals surface area contributed by atoms with Crippen LogP contribution in [0.15, 0.2) is 29.3 Å². The van der Waals surface area contributed by atoms with Gasteiger partial charge in [-0.3, -0.25) is 9.89 Å². The average molecular weight is 364 g/mol. The fraction of sp³-hybridized carbons (Fsp3) is 0.632. The standard InChI is InChI=1S/C19H32N4O3/c1-3-20-19(21-8-9-23-10-14-25-15-11-23)22-17-6-4-7-18(16-17)26-13-5-12-24-2/h4,6-7,16H,3,5,8-15H2,1-2H3,(H2,20,21,22). The van der Waals surface area contributed by atoms with Crippen LogP contribution in [-0.2, 0) is 9.47 Å². The SMILES string of the molecule is CCNC(=NCCN1CCOCC1)Nc1cccc(OCCCOC)c1. The summed E-state index contributed by atoms with van der Waals surface area (Å²) in [6.45, 7) is 9.54. The highest BCUT2D eigenvalue weighted by molar-refractivity contribution is 5.93. The van der Waals surface area contributed by atoms with Gasteiger partial charge in [0.1, 0.15) is 5.75 Å². The van der Waals surface area contributed by atoms with Gasteiger partial charge >= 0.3 is 0 Å². The lowest BCUT2D eigenvalue weighted by atomic mass is 10.3.